The fraction of sp³-hybridized carbons (Fsp3) is 0.185. The molecule has 0 atom stereocenters. The van der Waals surface area contributed by atoms with E-state index in [1.54, 1.807) is 12.1 Å². The molecule has 0 unspecified atom stereocenters. The average molecular weight is 492 g/mol. The minimum absolute atomic E-state index is 0.0148. The summed E-state index contributed by atoms with van der Waals surface area (Å²) in [6.45, 7) is 2.65. The van der Waals surface area contributed by atoms with E-state index < -0.39 is 0 Å². The van der Waals surface area contributed by atoms with Crippen LogP contribution in [0.25, 0.3) is 6.08 Å². The number of rotatable bonds is 7. The summed E-state index contributed by atoms with van der Waals surface area (Å²) in [5.74, 6) is 0.271. The third-order valence-electron chi connectivity index (χ3n) is 5.49. The number of carbonyl (C=O) groups is 2. The van der Waals surface area contributed by atoms with E-state index >= 15 is 0 Å². The number of carbonyl (C=O) groups excluding carboxylic acids is 2. The lowest BCUT2D eigenvalue weighted by Crippen LogP contribution is -2.48. The molecule has 0 aliphatic carbocycles. The highest BCUT2D eigenvalue weighted by molar-refractivity contribution is 8.00. The number of nitrogens with zero attached hydrogens (tertiary/aromatic N) is 2. The van der Waals surface area contributed by atoms with Gasteiger partial charge in [0.1, 0.15) is 0 Å². The predicted octanol–water partition coefficient (Wildman–Crippen LogP) is 5.43. The van der Waals surface area contributed by atoms with E-state index in [1.165, 1.54) is 11.8 Å². The first kappa shape index (κ1) is 23.9. The van der Waals surface area contributed by atoms with Crippen molar-refractivity contribution in [3.8, 4) is 0 Å². The highest BCUT2D eigenvalue weighted by atomic mass is 35.5. The third-order valence-corrected chi connectivity index (χ3v) is 6.81. The number of piperazine rings is 1. The van der Waals surface area contributed by atoms with Crippen LogP contribution in [0.1, 0.15) is 5.56 Å². The first-order chi connectivity index (χ1) is 16.6. The van der Waals surface area contributed by atoms with Crippen molar-refractivity contribution >= 4 is 52.6 Å². The van der Waals surface area contributed by atoms with Crippen LogP contribution in [0.15, 0.2) is 89.8 Å². The lowest BCUT2D eigenvalue weighted by atomic mass is 10.2. The van der Waals surface area contributed by atoms with Crippen LogP contribution in [0.5, 0.6) is 0 Å². The molecule has 3 aromatic rings. The number of hydrogen-bond acceptors (Lipinski definition) is 4. The smallest absolute Gasteiger partial charge is 0.246 e. The molecule has 1 aliphatic heterocycles. The molecular formula is C27H26ClN3O2S. The van der Waals surface area contributed by atoms with Crippen molar-refractivity contribution in [2.24, 2.45) is 0 Å². The Balaban J connectivity index is 1.27. The van der Waals surface area contributed by atoms with Crippen LogP contribution in [-0.4, -0.2) is 48.6 Å². The van der Waals surface area contributed by atoms with Gasteiger partial charge in [-0.05, 0) is 42.0 Å². The highest BCUT2D eigenvalue weighted by Crippen LogP contribution is 2.30. The van der Waals surface area contributed by atoms with E-state index in [-0.39, 0.29) is 11.8 Å². The van der Waals surface area contributed by atoms with Gasteiger partial charge >= 0.3 is 0 Å². The number of benzene rings is 3. The topological polar surface area (TPSA) is 52.7 Å². The number of halogens is 1. The van der Waals surface area contributed by atoms with Crippen LogP contribution in [0.4, 0.5) is 11.4 Å². The summed E-state index contributed by atoms with van der Waals surface area (Å²) in [6.07, 6.45) is 3.47. The largest absolute Gasteiger partial charge is 0.367 e. The molecule has 4 rings (SSSR count). The second-order valence-electron chi connectivity index (χ2n) is 7.87. The van der Waals surface area contributed by atoms with Gasteiger partial charge in [-0.2, -0.15) is 0 Å². The minimum atomic E-state index is -0.0756. The summed E-state index contributed by atoms with van der Waals surface area (Å²) < 4.78 is 0. The van der Waals surface area contributed by atoms with Crippen molar-refractivity contribution in [2.75, 3.05) is 42.1 Å². The van der Waals surface area contributed by atoms with Gasteiger partial charge < -0.3 is 15.1 Å². The zero-order valence-electron chi connectivity index (χ0n) is 18.7. The van der Waals surface area contributed by atoms with Gasteiger partial charge in [-0.25, -0.2) is 0 Å². The number of nitrogens with one attached hydrogen (secondary N) is 1. The molecule has 0 aromatic heterocycles. The molecule has 7 heteroatoms. The van der Waals surface area contributed by atoms with Crippen LogP contribution in [-0.2, 0) is 9.59 Å². The maximum absolute atomic E-state index is 12.5. The highest BCUT2D eigenvalue weighted by Gasteiger charge is 2.21. The van der Waals surface area contributed by atoms with Gasteiger partial charge in [0, 0.05) is 42.8 Å². The van der Waals surface area contributed by atoms with E-state index in [9.17, 15) is 9.59 Å². The summed E-state index contributed by atoms with van der Waals surface area (Å²) >= 11 is 8.04. The van der Waals surface area contributed by atoms with Crippen molar-refractivity contribution in [3.05, 3.63) is 95.5 Å². The summed E-state index contributed by atoms with van der Waals surface area (Å²) in [7, 11) is 0. The fourth-order valence-electron chi connectivity index (χ4n) is 3.71. The molecule has 5 nitrogen and oxygen atoms in total. The maximum atomic E-state index is 12.5. The van der Waals surface area contributed by atoms with Crippen molar-refractivity contribution in [1.82, 2.24) is 4.90 Å². The molecule has 174 valence electrons. The van der Waals surface area contributed by atoms with E-state index in [1.807, 2.05) is 83.8 Å². The zero-order chi connectivity index (χ0) is 23.8. The molecule has 1 aliphatic rings. The second kappa shape index (κ2) is 11.8. The Bertz CT molecular complexity index is 1150. The van der Waals surface area contributed by atoms with Gasteiger partial charge in [-0.3, -0.25) is 9.59 Å². The van der Waals surface area contributed by atoms with E-state index in [2.05, 4.69) is 10.2 Å². The van der Waals surface area contributed by atoms with Gasteiger partial charge in [0.25, 0.3) is 0 Å². The molecule has 1 fully saturated rings. The summed E-state index contributed by atoms with van der Waals surface area (Å²) in [4.78, 5) is 29.9. The average Bonchev–Trinajstić information content (AvgIpc) is 2.87. The summed E-state index contributed by atoms with van der Waals surface area (Å²) in [6, 6.07) is 25.2. The Kier molecular flexibility index (Phi) is 8.28. The molecule has 0 spiro atoms. The number of thioether (sulfide) groups is 1. The Morgan fingerprint density at radius 3 is 2.26 bits per heavy atom. The Labute approximate surface area is 209 Å². The first-order valence-corrected chi connectivity index (χ1v) is 12.5. The molecule has 2 amide bonds. The van der Waals surface area contributed by atoms with Gasteiger partial charge in [0.05, 0.1) is 16.5 Å². The molecule has 34 heavy (non-hydrogen) atoms. The zero-order valence-corrected chi connectivity index (χ0v) is 20.3. The van der Waals surface area contributed by atoms with E-state index in [4.69, 9.17) is 11.6 Å². The molecule has 0 bridgehead atoms. The van der Waals surface area contributed by atoms with Crippen LogP contribution in [0, 0.1) is 0 Å². The first-order valence-electron chi connectivity index (χ1n) is 11.1. The van der Waals surface area contributed by atoms with Crippen LogP contribution < -0.4 is 10.2 Å². The number of hydrogen-bond donors (Lipinski definition) is 1. The number of anilines is 2. The SMILES string of the molecule is O=C(CSc1ccccc1)Nc1ccc(N2CCN(C(=O)/C=C/c3ccccc3)CC2)c(Cl)c1. The molecule has 0 saturated carbocycles. The maximum Gasteiger partial charge on any atom is 0.246 e. The van der Waals surface area contributed by atoms with Crippen molar-refractivity contribution in [2.45, 2.75) is 4.90 Å². The molecule has 1 saturated heterocycles. The Hall–Kier alpha value is -3.22. The van der Waals surface area contributed by atoms with E-state index in [0.29, 0.717) is 42.6 Å². The quantitative estimate of drug-likeness (QED) is 0.353. The van der Waals surface area contributed by atoms with Crippen LogP contribution in [0.3, 0.4) is 0 Å². The number of amides is 2. The third kappa shape index (κ3) is 6.65. The van der Waals surface area contributed by atoms with Gasteiger partial charge in [0.2, 0.25) is 11.8 Å². The van der Waals surface area contributed by atoms with Crippen molar-refractivity contribution in [1.29, 1.82) is 0 Å². The van der Waals surface area contributed by atoms with Crippen molar-refractivity contribution < 1.29 is 9.59 Å². The van der Waals surface area contributed by atoms with Gasteiger partial charge in [-0.1, -0.05) is 60.1 Å². The molecule has 1 heterocycles. The minimum Gasteiger partial charge on any atom is -0.367 e. The molecule has 0 radical (unpaired) electrons. The Morgan fingerprint density at radius 1 is 0.912 bits per heavy atom. The lowest BCUT2D eigenvalue weighted by Gasteiger charge is -2.36. The lowest BCUT2D eigenvalue weighted by molar-refractivity contribution is -0.126. The fourth-order valence-corrected chi connectivity index (χ4v) is 4.73. The molecular weight excluding hydrogens is 466 g/mol. The predicted molar refractivity (Wildman–Crippen MR) is 142 cm³/mol. The molecule has 3 aromatic carbocycles. The van der Waals surface area contributed by atoms with Crippen LogP contribution in [0.2, 0.25) is 5.02 Å². The Morgan fingerprint density at radius 2 is 1.59 bits per heavy atom. The van der Waals surface area contributed by atoms with Gasteiger partial charge in [-0.15, -0.1) is 11.8 Å². The normalized spacial score (nSPS) is 13.8. The van der Waals surface area contributed by atoms with Crippen LogP contribution >= 0.6 is 23.4 Å². The second-order valence-corrected chi connectivity index (χ2v) is 9.33. The summed E-state index contributed by atoms with van der Waals surface area (Å²) in [5.41, 5.74) is 2.59. The molecule has 1 N–H and O–H groups in total. The van der Waals surface area contributed by atoms with Gasteiger partial charge in [0.15, 0.2) is 0 Å². The standard InChI is InChI=1S/C27H26ClN3O2S/c28-24-19-22(29-26(32)20-34-23-9-5-2-6-10-23)12-13-25(24)30-15-17-31(18-16-30)27(33)14-11-21-7-3-1-4-8-21/h1-14,19H,15-18,20H2,(H,29,32)/b14-11+. The van der Waals surface area contributed by atoms with E-state index in [0.717, 1.165) is 16.1 Å². The monoisotopic (exact) mass is 491 g/mol. The summed E-state index contributed by atoms with van der Waals surface area (Å²) in [5, 5.41) is 3.49. The van der Waals surface area contributed by atoms with Crippen molar-refractivity contribution in [3.63, 3.8) is 0 Å².